The van der Waals surface area contributed by atoms with E-state index in [-0.39, 0.29) is 24.3 Å². The second kappa shape index (κ2) is 7.38. The minimum absolute atomic E-state index is 0.0726. The molecule has 0 aliphatic heterocycles. The number of para-hydroxylation sites is 1. The highest BCUT2D eigenvalue weighted by Gasteiger charge is 2.20. The Morgan fingerprint density at radius 3 is 2.56 bits per heavy atom. The van der Waals surface area contributed by atoms with E-state index in [0.29, 0.717) is 11.3 Å². The molecule has 5 nitrogen and oxygen atoms in total. The number of hydrogen-bond donors (Lipinski definition) is 1. The Labute approximate surface area is 147 Å². The predicted molar refractivity (Wildman–Crippen MR) is 96.4 cm³/mol. The fourth-order valence-corrected chi connectivity index (χ4v) is 2.89. The van der Waals surface area contributed by atoms with E-state index in [0.717, 1.165) is 16.7 Å². The van der Waals surface area contributed by atoms with Gasteiger partial charge >= 0.3 is 0 Å². The quantitative estimate of drug-likeness (QED) is 0.740. The molecule has 0 radical (unpaired) electrons. The van der Waals surface area contributed by atoms with E-state index in [2.05, 4.69) is 24.3 Å². The van der Waals surface area contributed by atoms with E-state index < -0.39 is 0 Å². The number of ether oxygens (including phenoxy) is 1. The first-order chi connectivity index (χ1) is 12.1. The van der Waals surface area contributed by atoms with Crippen LogP contribution >= 0.6 is 0 Å². The summed E-state index contributed by atoms with van der Waals surface area (Å²) in [6, 6.07) is 15.3. The zero-order chi connectivity index (χ0) is 17.8. The maximum absolute atomic E-state index is 12.5. The van der Waals surface area contributed by atoms with Gasteiger partial charge in [0.05, 0.1) is 19.6 Å². The first-order valence-electron chi connectivity index (χ1n) is 8.35. The van der Waals surface area contributed by atoms with E-state index in [9.17, 15) is 4.79 Å². The molecule has 1 amide bonds. The third-order valence-corrected chi connectivity index (χ3v) is 4.24. The predicted octanol–water partition coefficient (Wildman–Crippen LogP) is 3.89. The number of amides is 1. The summed E-state index contributed by atoms with van der Waals surface area (Å²) in [6.07, 6.45) is 0.191. The maximum Gasteiger partial charge on any atom is 0.226 e. The number of methoxy groups -OCH3 is 1. The van der Waals surface area contributed by atoms with Crippen molar-refractivity contribution in [3.8, 4) is 5.75 Å². The lowest BCUT2D eigenvalue weighted by Gasteiger charge is -2.23. The monoisotopic (exact) mass is 338 g/mol. The zero-order valence-corrected chi connectivity index (χ0v) is 14.7. The van der Waals surface area contributed by atoms with Gasteiger partial charge in [0.25, 0.3) is 0 Å². The summed E-state index contributed by atoms with van der Waals surface area (Å²) in [5.41, 5.74) is 2.40. The molecule has 5 heteroatoms. The Kier molecular flexibility index (Phi) is 5.03. The van der Waals surface area contributed by atoms with Crippen molar-refractivity contribution in [2.45, 2.75) is 26.3 Å². The molecule has 0 spiro atoms. The summed E-state index contributed by atoms with van der Waals surface area (Å²) < 4.78 is 10.5. The molecule has 3 aromatic rings. The van der Waals surface area contributed by atoms with Crippen molar-refractivity contribution < 1.29 is 14.1 Å². The van der Waals surface area contributed by atoms with Crippen LogP contribution in [-0.4, -0.2) is 18.2 Å². The van der Waals surface area contributed by atoms with Crippen LogP contribution in [-0.2, 0) is 11.2 Å². The van der Waals surface area contributed by atoms with Crippen LogP contribution in [0.25, 0.3) is 11.0 Å². The number of carbonyl (C=O) groups is 1. The highest BCUT2D eigenvalue weighted by atomic mass is 16.5. The molecule has 0 saturated carbocycles. The van der Waals surface area contributed by atoms with Crippen LogP contribution in [0.15, 0.2) is 53.1 Å². The van der Waals surface area contributed by atoms with Gasteiger partial charge in [-0.05, 0) is 35.7 Å². The summed E-state index contributed by atoms with van der Waals surface area (Å²) in [5, 5.41) is 8.02. The molecular weight excluding hydrogens is 316 g/mol. The number of hydrogen-bond acceptors (Lipinski definition) is 4. The van der Waals surface area contributed by atoms with Gasteiger partial charge in [-0.2, -0.15) is 0 Å². The number of rotatable bonds is 6. The van der Waals surface area contributed by atoms with Gasteiger partial charge in [0.1, 0.15) is 11.4 Å². The van der Waals surface area contributed by atoms with Crippen molar-refractivity contribution >= 4 is 16.9 Å². The highest BCUT2D eigenvalue weighted by molar-refractivity contribution is 5.86. The molecule has 1 heterocycles. The molecule has 0 aliphatic carbocycles. The molecule has 1 N–H and O–H groups in total. The maximum atomic E-state index is 12.5. The van der Waals surface area contributed by atoms with E-state index in [4.69, 9.17) is 9.26 Å². The van der Waals surface area contributed by atoms with Gasteiger partial charge < -0.3 is 14.6 Å². The summed E-state index contributed by atoms with van der Waals surface area (Å²) in [6.45, 7) is 4.17. The standard InChI is InChI=1S/C20H22N2O3/c1-13(2)20(14-8-10-15(24-3)11-9-14)21-19(23)12-17-16-6-4-5-7-18(16)25-22-17/h4-11,13,20H,12H2,1-3H3,(H,21,23). The lowest BCUT2D eigenvalue weighted by Crippen LogP contribution is -2.32. The van der Waals surface area contributed by atoms with E-state index in [1.165, 1.54) is 0 Å². The van der Waals surface area contributed by atoms with Gasteiger partial charge in [0.2, 0.25) is 5.91 Å². The lowest BCUT2D eigenvalue weighted by atomic mass is 9.95. The smallest absolute Gasteiger partial charge is 0.226 e. The van der Waals surface area contributed by atoms with Crippen LogP contribution in [0.4, 0.5) is 0 Å². The summed E-state index contributed by atoms with van der Waals surface area (Å²) in [4.78, 5) is 12.5. The average molecular weight is 338 g/mol. The van der Waals surface area contributed by atoms with Crippen molar-refractivity contribution in [3.05, 3.63) is 59.8 Å². The van der Waals surface area contributed by atoms with Gasteiger partial charge in [-0.1, -0.05) is 43.3 Å². The number of fused-ring (bicyclic) bond motifs is 1. The highest BCUT2D eigenvalue weighted by Crippen LogP contribution is 2.24. The molecule has 25 heavy (non-hydrogen) atoms. The fourth-order valence-electron chi connectivity index (χ4n) is 2.89. The second-order valence-electron chi connectivity index (χ2n) is 6.36. The number of benzene rings is 2. The minimum atomic E-state index is -0.0754. The Morgan fingerprint density at radius 2 is 1.88 bits per heavy atom. The molecule has 0 fully saturated rings. The van der Waals surface area contributed by atoms with E-state index in [1.54, 1.807) is 7.11 Å². The Balaban J connectivity index is 1.74. The number of nitrogens with one attached hydrogen (secondary N) is 1. The molecule has 2 aromatic carbocycles. The third kappa shape index (κ3) is 3.82. The van der Waals surface area contributed by atoms with Crippen LogP contribution in [0, 0.1) is 5.92 Å². The average Bonchev–Trinajstić information content (AvgIpc) is 3.03. The second-order valence-corrected chi connectivity index (χ2v) is 6.36. The Morgan fingerprint density at radius 1 is 1.16 bits per heavy atom. The van der Waals surface area contributed by atoms with Gasteiger partial charge in [0, 0.05) is 5.39 Å². The van der Waals surface area contributed by atoms with Crippen LogP contribution < -0.4 is 10.1 Å². The molecule has 1 unspecified atom stereocenters. The molecule has 1 atom stereocenters. The van der Waals surface area contributed by atoms with Crippen molar-refractivity contribution in [1.82, 2.24) is 10.5 Å². The molecule has 1 aromatic heterocycles. The van der Waals surface area contributed by atoms with Gasteiger partial charge in [-0.25, -0.2) is 0 Å². The Hall–Kier alpha value is -2.82. The number of carbonyl (C=O) groups excluding carboxylic acids is 1. The number of aromatic nitrogens is 1. The van der Waals surface area contributed by atoms with Crippen LogP contribution in [0.3, 0.4) is 0 Å². The molecular formula is C20H22N2O3. The fraction of sp³-hybridized carbons (Fsp3) is 0.300. The Bertz CT molecular complexity index is 853. The van der Waals surface area contributed by atoms with Crippen molar-refractivity contribution in [3.63, 3.8) is 0 Å². The summed E-state index contributed by atoms with van der Waals surface area (Å²) in [7, 11) is 1.64. The minimum Gasteiger partial charge on any atom is -0.497 e. The normalized spacial score (nSPS) is 12.3. The molecule has 130 valence electrons. The van der Waals surface area contributed by atoms with Crippen LogP contribution in [0.2, 0.25) is 0 Å². The first-order valence-corrected chi connectivity index (χ1v) is 8.35. The van der Waals surface area contributed by atoms with Gasteiger partial charge in [-0.3, -0.25) is 4.79 Å². The van der Waals surface area contributed by atoms with Crippen molar-refractivity contribution in [2.24, 2.45) is 5.92 Å². The molecule has 0 bridgehead atoms. The topological polar surface area (TPSA) is 64.4 Å². The summed E-state index contributed by atoms with van der Waals surface area (Å²) >= 11 is 0. The van der Waals surface area contributed by atoms with E-state index in [1.807, 2.05) is 48.5 Å². The zero-order valence-electron chi connectivity index (χ0n) is 14.7. The SMILES string of the molecule is COc1ccc(C(NC(=O)Cc2noc3ccccc23)C(C)C)cc1. The molecule has 3 rings (SSSR count). The van der Waals surface area contributed by atoms with Gasteiger partial charge in [-0.15, -0.1) is 0 Å². The lowest BCUT2D eigenvalue weighted by molar-refractivity contribution is -0.121. The molecule has 0 saturated heterocycles. The molecule has 0 aliphatic rings. The van der Waals surface area contributed by atoms with E-state index >= 15 is 0 Å². The van der Waals surface area contributed by atoms with Crippen molar-refractivity contribution in [2.75, 3.05) is 7.11 Å². The van der Waals surface area contributed by atoms with Crippen molar-refractivity contribution in [1.29, 1.82) is 0 Å². The van der Waals surface area contributed by atoms with Crippen LogP contribution in [0.5, 0.6) is 5.75 Å². The number of nitrogens with zero attached hydrogens (tertiary/aromatic N) is 1. The third-order valence-electron chi connectivity index (χ3n) is 4.24. The van der Waals surface area contributed by atoms with Crippen LogP contribution in [0.1, 0.15) is 31.1 Å². The summed E-state index contributed by atoms with van der Waals surface area (Å²) in [5.74, 6) is 0.978. The first kappa shape index (κ1) is 17.0. The largest absolute Gasteiger partial charge is 0.497 e. The van der Waals surface area contributed by atoms with Gasteiger partial charge in [0.15, 0.2) is 5.58 Å².